The average molecular weight is 347 g/mol. The van der Waals surface area contributed by atoms with Gasteiger partial charge in [-0.15, -0.1) is 0 Å². The molecule has 0 heterocycles. The number of benzene rings is 1. The maximum Gasteiger partial charge on any atom is 0.0249 e. The van der Waals surface area contributed by atoms with Gasteiger partial charge in [0.1, 0.15) is 0 Å². The van der Waals surface area contributed by atoms with Crippen LogP contribution in [0.5, 0.6) is 0 Å². The molecule has 0 radical (unpaired) electrons. The average Bonchev–Trinajstić information content (AvgIpc) is 2.67. The topological polar surface area (TPSA) is 0 Å². The van der Waals surface area contributed by atoms with Gasteiger partial charge in [-0.1, -0.05) is 81.8 Å². The molecule has 1 aromatic rings. The fourth-order valence-electron chi connectivity index (χ4n) is 3.70. The van der Waals surface area contributed by atoms with Gasteiger partial charge in [-0.3, -0.25) is 0 Å². The van der Waals surface area contributed by atoms with Gasteiger partial charge < -0.3 is 0 Å². The van der Waals surface area contributed by atoms with Crippen molar-refractivity contribution in [3.63, 3.8) is 0 Å². The van der Waals surface area contributed by atoms with E-state index in [2.05, 4.69) is 61.8 Å². The van der Waals surface area contributed by atoms with Gasteiger partial charge in [0, 0.05) is 11.5 Å². The van der Waals surface area contributed by atoms with Gasteiger partial charge in [0.15, 0.2) is 0 Å². The van der Waals surface area contributed by atoms with Crippen LogP contribution in [-0.4, -0.2) is 0 Å². The van der Waals surface area contributed by atoms with Crippen molar-refractivity contribution in [2.75, 3.05) is 0 Å². The SMILES string of the molecule is CCCCCC1CCC(C#C/C=C/C#Cc2ccc(CCC)cc2)CC1. The molecule has 1 aromatic carbocycles. The van der Waals surface area contributed by atoms with Gasteiger partial charge in [0.05, 0.1) is 0 Å². The van der Waals surface area contributed by atoms with Crippen molar-refractivity contribution in [3.8, 4) is 23.7 Å². The van der Waals surface area contributed by atoms with E-state index in [0.717, 1.165) is 17.9 Å². The predicted molar refractivity (Wildman–Crippen MR) is 114 cm³/mol. The highest BCUT2D eigenvalue weighted by Crippen LogP contribution is 2.31. The van der Waals surface area contributed by atoms with E-state index >= 15 is 0 Å². The first-order valence-electron chi connectivity index (χ1n) is 10.6. The Kier molecular flexibility index (Phi) is 9.75. The summed E-state index contributed by atoms with van der Waals surface area (Å²) in [6, 6.07) is 8.57. The zero-order valence-corrected chi connectivity index (χ0v) is 16.7. The van der Waals surface area contributed by atoms with E-state index in [1.807, 2.05) is 12.2 Å². The molecular formula is C26H34. The Morgan fingerprint density at radius 3 is 2.31 bits per heavy atom. The van der Waals surface area contributed by atoms with E-state index in [1.165, 1.54) is 63.4 Å². The first-order chi connectivity index (χ1) is 12.8. The lowest BCUT2D eigenvalue weighted by Crippen LogP contribution is -2.13. The Morgan fingerprint density at radius 2 is 1.62 bits per heavy atom. The molecule has 1 aliphatic rings. The van der Waals surface area contributed by atoms with Crippen LogP contribution < -0.4 is 0 Å². The Morgan fingerprint density at radius 1 is 0.885 bits per heavy atom. The molecule has 2 rings (SSSR count). The van der Waals surface area contributed by atoms with E-state index in [4.69, 9.17) is 0 Å². The molecule has 1 aliphatic carbocycles. The highest BCUT2D eigenvalue weighted by atomic mass is 14.2. The highest BCUT2D eigenvalue weighted by Gasteiger charge is 2.19. The van der Waals surface area contributed by atoms with Crippen molar-refractivity contribution in [2.45, 2.75) is 78.1 Å². The van der Waals surface area contributed by atoms with E-state index in [0.29, 0.717) is 5.92 Å². The third-order valence-electron chi connectivity index (χ3n) is 5.31. The molecule has 0 saturated heterocycles. The summed E-state index contributed by atoms with van der Waals surface area (Å²) in [5.41, 5.74) is 2.46. The van der Waals surface area contributed by atoms with Gasteiger partial charge in [-0.05, 0) is 67.9 Å². The minimum absolute atomic E-state index is 0.598. The van der Waals surface area contributed by atoms with Gasteiger partial charge in [-0.25, -0.2) is 0 Å². The van der Waals surface area contributed by atoms with E-state index < -0.39 is 0 Å². The van der Waals surface area contributed by atoms with Crippen LogP contribution in [-0.2, 0) is 6.42 Å². The van der Waals surface area contributed by atoms with Crippen molar-refractivity contribution >= 4 is 0 Å². The van der Waals surface area contributed by atoms with Crippen LogP contribution in [0.15, 0.2) is 36.4 Å². The molecular weight excluding hydrogens is 312 g/mol. The molecule has 0 spiro atoms. The molecule has 0 unspecified atom stereocenters. The molecule has 0 atom stereocenters. The first kappa shape index (κ1) is 20.4. The fraction of sp³-hybridized carbons (Fsp3) is 0.538. The minimum Gasteiger partial charge on any atom is -0.0951 e. The molecule has 0 heteroatoms. The van der Waals surface area contributed by atoms with E-state index in [-0.39, 0.29) is 0 Å². The molecule has 0 aliphatic heterocycles. The number of unbranched alkanes of at least 4 members (excludes halogenated alkanes) is 2. The third kappa shape index (κ3) is 7.97. The Balaban J connectivity index is 1.70. The fourth-order valence-corrected chi connectivity index (χ4v) is 3.70. The first-order valence-corrected chi connectivity index (χ1v) is 10.6. The summed E-state index contributed by atoms with van der Waals surface area (Å²) >= 11 is 0. The quantitative estimate of drug-likeness (QED) is 0.387. The molecule has 0 nitrogen and oxygen atoms in total. The summed E-state index contributed by atoms with van der Waals surface area (Å²) in [7, 11) is 0. The summed E-state index contributed by atoms with van der Waals surface area (Å²) in [4.78, 5) is 0. The second-order valence-corrected chi connectivity index (χ2v) is 7.55. The molecule has 0 amide bonds. The smallest absolute Gasteiger partial charge is 0.0249 e. The number of rotatable bonds is 6. The molecule has 0 N–H and O–H groups in total. The van der Waals surface area contributed by atoms with Crippen molar-refractivity contribution in [3.05, 3.63) is 47.5 Å². The summed E-state index contributed by atoms with van der Waals surface area (Å²) in [6.45, 7) is 4.49. The zero-order valence-electron chi connectivity index (χ0n) is 16.7. The summed E-state index contributed by atoms with van der Waals surface area (Å²) in [5.74, 6) is 14.5. The second kappa shape index (κ2) is 12.4. The van der Waals surface area contributed by atoms with Gasteiger partial charge in [0.2, 0.25) is 0 Å². The van der Waals surface area contributed by atoms with Crippen LogP contribution in [0.3, 0.4) is 0 Å². The van der Waals surface area contributed by atoms with Gasteiger partial charge in [0.25, 0.3) is 0 Å². The maximum absolute atomic E-state index is 3.42. The van der Waals surface area contributed by atoms with Crippen molar-refractivity contribution < 1.29 is 0 Å². The summed E-state index contributed by atoms with van der Waals surface area (Å²) in [6.07, 6.45) is 17.0. The largest absolute Gasteiger partial charge is 0.0951 e. The van der Waals surface area contributed by atoms with Gasteiger partial charge >= 0.3 is 0 Å². The van der Waals surface area contributed by atoms with Crippen LogP contribution >= 0.6 is 0 Å². The van der Waals surface area contributed by atoms with Crippen LogP contribution in [0.4, 0.5) is 0 Å². The van der Waals surface area contributed by atoms with Crippen molar-refractivity contribution in [1.82, 2.24) is 0 Å². The third-order valence-corrected chi connectivity index (χ3v) is 5.31. The lowest BCUT2D eigenvalue weighted by Gasteiger charge is -2.25. The van der Waals surface area contributed by atoms with E-state index in [9.17, 15) is 0 Å². The summed E-state index contributed by atoms with van der Waals surface area (Å²) in [5, 5.41) is 0. The summed E-state index contributed by atoms with van der Waals surface area (Å²) < 4.78 is 0. The Labute approximate surface area is 161 Å². The molecule has 0 aromatic heterocycles. The molecule has 1 fully saturated rings. The minimum atomic E-state index is 0.598. The normalized spacial score (nSPS) is 19.5. The standard InChI is InChI=1S/C26H34/c1-3-5-8-12-24-19-21-26(22-20-24)14-10-7-6-9-13-25-17-15-23(11-4-2)16-18-25/h6-7,15-18,24,26H,3-5,8,11-12,19-22H2,1-2H3/b7-6+. The van der Waals surface area contributed by atoms with E-state index in [1.54, 1.807) is 0 Å². The molecule has 1 saturated carbocycles. The van der Waals surface area contributed by atoms with Crippen LogP contribution in [0, 0.1) is 35.5 Å². The monoisotopic (exact) mass is 346 g/mol. The van der Waals surface area contributed by atoms with Gasteiger partial charge in [-0.2, -0.15) is 0 Å². The number of allylic oxidation sites excluding steroid dienone is 2. The molecule has 0 bridgehead atoms. The number of hydrogen-bond acceptors (Lipinski definition) is 0. The maximum atomic E-state index is 3.42. The van der Waals surface area contributed by atoms with Crippen molar-refractivity contribution in [2.24, 2.45) is 11.8 Å². The zero-order chi connectivity index (χ0) is 18.5. The number of aryl methyl sites for hydroxylation is 1. The lowest BCUT2D eigenvalue weighted by molar-refractivity contribution is 0.294. The van der Waals surface area contributed by atoms with Crippen LogP contribution in [0.2, 0.25) is 0 Å². The Bertz CT molecular complexity index is 646. The van der Waals surface area contributed by atoms with Crippen molar-refractivity contribution in [1.29, 1.82) is 0 Å². The number of hydrogen-bond donors (Lipinski definition) is 0. The highest BCUT2D eigenvalue weighted by molar-refractivity contribution is 5.39. The molecule has 26 heavy (non-hydrogen) atoms. The second-order valence-electron chi connectivity index (χ2n) is 7.55. The predicted octanol–water partition coefficient (Wildman–Crippen LogP) is 6.94. The Hall–Kier alpha value is -1.92. The lowest BCUT2D eigenvalue weighted by atomic mass is 9.80. The van der Waals surface area contributed by atoms with Crippen LogP contribution in [0.1, 0.15) is 82.8 Å². The molecule has 138 valence electrons. The van der Waals surface area contributed by atoms with Crippen LogP contribution in [0.25, 0.3) is 0 Å².